The molecule has 2 aromatic carbocycles. The number of ketones is 1. The van der Waals surface area contributed by atoms with Crippen LogP contribution in [0.25, 0.3) is 0 Å². The summed E-state index contributed by atoms with van der Waals surface area (Å²) in [5, 5.41) is 9.71. The number of ether oxygens (including phenoxy) is 1. The number of esters is 1. The molecule has 0 saturated heterocycles. The molecule has 0 spiro atoms. The summed E-state index contributed by atoms with van der Waals surface area (Å²) >= 11 is 0. The van der Waals surface area contributed by atoms with E-state index in [2.05, 4.69) is 4.74 Å². The highest BCUT2D eigenvalue weighted by atomic mass is 16.5. The molecule has 1 N–H and O–H groups in total. The topological polar surface area (TPSA) is 85.6 Å². The number of aliphatic hydroxyl groups excluding tert-OH is 1. The third-order valence-electron chi connectivity index (χ3n) is 4.53. The van der Waals surface area contributed by atoms with E-state index >= 15 is 0 Å². The van der Waals surface area contributed by atoms with E-state index in [-0.39, 0.29) is 5.56 Å². The van der Waals surface area contributed by atoms with E-state index in [9.17, 15) is 19.5 Å². The zero-order chi connectivity index (χ0) is 21.5. The molecule has 0 amide bonds. The maximum Gasteiger partial charge on any atom is 0.373 e. The Balaban J connectivity index is 2.04. The number of carbonyl (C=O) groups excluding carboxylic acids is 2. The number of methoxy groups -OCH3 is 1. The van der Waals surface area contributed by atoms with Crippen molar-refractivity contribution in [3.05, 3.63) is 117 Å². The number of aromatic nitrogens is 1. The van der Waals surface area contributed by atoms with E-state index in [0.717, 1.165) is 18.2 Å². The van der Waals surface area contributed by atoms with Gasteiger partial charge in [-0.15, -0.1) is 0 Å². The van der Waals surface area contributed by atoms with Gasteiger partial charge in [0.1, 0.15) is 0 Å². The van der Waals surface area contributed by atoms with Crippen molar-refractivity contribution in [1.29, 1.82) is 0 Å². The summed E-state index contributed by atoms with van der Waals surface area (Å²) < 4.78 is 6.15. The summed E-state index contributed by atoms with van der Waals surface area (Å²) in [5.41, 5.74) is 1.79. The fraction of sp³-hybridized carbons (Fsp3) is 0.125. The van der Waals surface area contributed by atoms with Gasteiger partial charge in [0.2, 0.25) is 5.76 Å². The first-order valence-corrected chi connectivity index (χ1v) is 9.32. The van der Waals surface area contributed by atoms with Gasteiger partial charge in [0.25, 0.3) is 0 Å². The minimum atomic E-state index is -1.05. The molecule has 0 aliphatic heterocycles. The van der Waals surface area contributed by atoms with Crippen LogP contribution in [0, 0.1) is 0 Å². The summed E-state index contributed by atoms with van der Waals surface area (Å²) in [6.45, 7) is 0.454. The van der Waals surface area contributed by atoms with Crippen molar-refractivity contribution in [3.8, 4) is 0 Å². The Morgan fingerprint density at radius 3 is 2.17 bits per heavy atom. The molecule has 3 rings (SSSR count). The maximum absolute atomic E-state index is 13.0. The standard InChI is InChI=1S/C24H21NO5/c1-30-24(29)22(27)13-21(26)20-16-25(14-18-10-6-3-7-11-18)15-19(23(20)28)12-17-8-4-2-5-9-17/h2-11,13,15-16,27H,12,14H2,1H3. The Hall–Kier alpha value is -3.93. The fourth-order valence-electron chi connectivity index (χ4n) is 3.06. The average molecular weight is 403 g/mol. The smallest absolute Gasteiger partial charge is 0.373 e. The molecule has 1 heterocycles. The SMILES string of the molecule is COC(=O)C(O)=CC(=O)c1cn(Cc2ccccc2)cc(Cc2ccccc2)c1=O. The van der Waals surface area contributed by atoms with Crippen molar-refractivity contribution < 1.29 is 19.4 Å². The van der Waals surface area contributed by atoms with Crippen molar-refractivity contribution in [2.24, 2.45) is 0 Å². The summed E-state index contributed by atoms with van der Waals surface area (Å²) in [6, 6.07) is 19.1. The number of rotatable bonds is 7. The number of hydrogen-bond acceptors (Lipinski definition) is 5. The normalized spacial score (nSPS) is 11.2. The Bertz CT molecular complexity index is 1130. The van der Waals surface area contributed by atoms with Crippen LogP contribution < -0.4 is 5.43 Å². The van der Waals surface area contributed by atoms with Crippen LogP contribution in [0.3, 0.4) is 0 Å². The van der Waals surface area contributed by atoms with Crippen molar-refractivity contribution in [2.75, 3.05) is 7.11 Å². The van der Waals surface area contributed by atoms with Crippen molar-refractivity contribution >= 4 is 11.8 Å². The lowest BCUT2D eigenvalue weighted by molar-refractivity contribution is -0.139. The molecule has 0 unspecified atom stereocenters. The highest BCUT2D eigenvalue weighted by Crippen LogP contribution is 2.11. The molecular formula is C24H21NO5. The molecule has 152 valence electrons. The van der Waals surface area contributed by atoms with E-state index in [1.807, 2.05) is 60.7 Å². The predicted molar refractivity (Wildman–Crippen MR) is 113 cm³/mol. The molecule has 0 saturated carbocycles. The van der Waals surface area contributed by atoms with Crippen LogP contribution in [0.2, 0.25) is 0 Å². The summed E-state index contributed by atoms with van der Waals surface area (Å²) in [4.78, 5) is 37.0. The lowest BCUT2D eigenvalue weighted by Crippen LogP contribution is -2.22. The largest absolute Gasteiger partial charge is 0.502 e. The van der Waals surface area contributed by atoms with E-state index in [4.69, 9.17) is 0 Å². The fourth-order valence-corrected chi connectivity index (χ4v) is 3.06. The molecular weight excluding hydrogens is 382 g/mol. The van der Waals surface area contributed by atoms with Crippen LogP contribution in [0.5, 0.6) is 0 Å². The Morgan fingerprint density at radius 1 is 0.967 bits per heavy atom. The lowest BCUT2D eigenvalue weighted by Gasteiger charge is -2.12. The van der Waals surface area contributed by atoms with Gasteiger partial charge in [0, 0.05) is 37.0 Å². The first kappa shape index (κ1) is 20.8. The summed E-state index contributed by atoms with van der Waals surface area (Å²) in [7, 11) is 1.09. The van der Waals surface area contributed by atoms with E-state index in [1.165, 1.54) is 6.20 Å². The molecule has 0 atom stereocenters. The highest BCUT2D eigenvalue weighted by Gasteiger charge is 2.17. The van der Waals surface area contributed by atoms with Gasteiger partial charge in [-0.3, -0.25) is 9.59 Å². The van der Waals surface area contributed by atoms with Crippen LogP contribution in [0.15, 0.2) is 89.7 Å². The van der Waals surface area contributed by atoms with Gasteiger partial charge in [0.05, 0.1) is 12.7 Å². The molecule has 0 radical (unpaired) electrons. The molecule has 0 fully saturated rings. The van der Waals surface area contributed by atoms with Crippen LogP contribution in [-0.4, -0.2) is 28.5 Å². The second-order valence-corrected chi connectivity index (χ2v) is 6.73. The van der Waals surface area contributed by atoms with E-state index < -0.39 is 22.9 Å². The van der Waals surface area contributed by atoms with Crippen LogP contribution in [0.4, 0.5) is 0 Å². The van der Waals surface area contributed by atoms with Crippen molar-refractivity contribution in [2.45, 2.75) is 13.0 Å². The molecule has 3 aromatic rings. The maximum atomic E-state index is 13.0. The molecule has 6 nitrogen and oxygen atoms in total. The number of pyridine rings is 1. The molecule has 0 aliphatic rings. The van der Waals surface area contributed by atoms with Gasteiger partial charge >= 0.3 is 5.97 Å². The number of hydrogen-bond donors (Lipinski definition) is 1. The summed E-state index contributed by atoms with van der Waals surface area (Å²) in [6.07, 6.45) is 4.22. The molecule has 0 bridgehead atoms. The van der Waals surface area contributed by atoms with E-state index in [0.29, 0.717) is 24.6 Å². The minimum Gasteiger partial charge on any atom is -0.502 e. The van der Waals surface area contributed by atoms with Crippen LogP contribution in [-0.2, 0) is 22.5 Å². The minimum absolute atomic E-state index is 0.130. The highest BCUT2D eigenvalue weighted by molar-refractivity contribution is 6.07. The van der Waals surface area contributed by atoms with Gasteiger partial charge in [-0.25, -0.2) is 4.79 Å². The van der Waals surface area contributed by atoms with Crippen LogP contribution >= 0.6 is 0 Å². The average Bonchev–Trinajstić information content (AvgIpc) is 2.76. The molecule has 1 aromatic heterocycles. The summed E-state index contributed by atoms with van der Waals surface area (Å²) in [5.74, 6) is -2.67. The second-order valence-electron chi connectivity index (χ2n) is 6.73. The molecule has 30 heavy (non-hydrogen) atoms. The zero-order valence-electron chi connectivity index (χ0n) is 16.4. The number of benzene rings is 2. The Kier molecular flexibility index (Phi) is 6.60. The number of allylic oxidation sites excluding steroid dienone is 1. The Morgan fingerprint density at radius 2 is 1.57 bits per heavy atom. The second kappa shape index (κ2) is 9.52. The van der Waals surface area contributed by atoms with Gasteiger partial charge in [-0.2, -0.15) is 0 Å². The number of aliphatic hydroxyl groups is 1. The lowest BCUT2D eigenvalue weighted by atomic mass is 10.0. The number of nitrogens with zero attached hydrogens (tertiary/aromatic N) is 1. The number of carbonyl (C=O) groups is 2. The zero-order valence-corrected chi connectivity index (χ0v) is 16.4. The van der Waals surface area contributed by atoms with E-state index in [1.54, 1.807) is 10.8 Å². The first-order valence-electron chi connectivity index (χ1n) is 9.32. The third kappa shape index (κ3) is 5.11. The van der Waals surface area contributed by atoms with Crippen molar-refractivity contribution in [3.63, 3.8) is 0 Å². The third-order valence-corrected chi connectivity index (χ3v) is 4.53. The first-order chi connectivity index (χ1) is 14.5. The molecule has 6 heteroatoms. The quantitative estimate of drug-likeness (QED) is 0.283. The Labute approximate surface area is 173 Å². The van der Waals surface area contributed by atoms with Gasteiger partial charge in [0.15, 0.2) is 11.2 Å². The van der Waals surface area contributed by atoms with Crippen LogP contribution in [0.1, 0.15) is 27.0 Å². The predicted octanol–water partition coefficient (Wildman–Crippen LogP) is 3.29. The monoisotopic (exact) mass is 403 g/mol. The van der Waals surface area contributed by atoms with Gasteiger partial charge < -0.3 is 14.4 Å². The van der Waals surface area contributed by atoms with Crippen molar-refractivity contribution in [1.82, 2.24) is 4.57 Å². The van der Waals surface area contributed by atoms with Gasteiger partial charge in [-0.05, 0) is 11.1 Å². The van der Waals surface area contributed by atoms with Gasteiger partial charge in [-0.1, -0.05) is 60.7 Å². The molecule has 0 aliphatic carbocycles.